The minimum Gasteiger partial charge on any atom is -0.496 e. The van der Waals surface area contributed by atoms with Gasteiger partial charge in [-0.05, 0) is 67.8 Å². The molecular formula is C20H22O4. The van der Waals surface area contributed by atoms with Gasteiger partial charge in [0.2, 0.25) is 0 Å². The van der Waals surface area contributed by atoms with Crippen LogP contribution in [0.2, 0.25) is 0 Å². The highest BCUT2D eigenvalue weighted by Gasteiger charge is 2.12. The van der Waals surface area contributed by atoms with Gasteiger partial charge in [-0.2, -0.15) is 0 Å². The monoisotopic (exact) mass is 326 g/mol. The molecular weight excluding hydrogens is 304 g/mol. The summed E-state index contributed by atoms with van der Waals surface area (Å²) in [5.74, 6) is 0.528. The maximum Gasteiger partial charge on any atom is 0.336 e. The van der Waals surface area contributed by atoms with Crippen molar-refractivity contribution in [1.82, 2.24) is 0 Å². The van der Waals surface area contributed by atoms with E-state index < -0.39 is 5.97 Å². The van der Waals surface area contributed by atoms with Crippen molar-refractivity contribution < 1.29 is 19.4 Å². The zero-order valence-electron chi connectivity index (χ0n) is 14.4. The van der Waals surface area contributed by atoms with Crippen LogP contribution in [0.5, 0.6) is 11.5 Å². The van der Waals surface area contributed by atoms with Crippen LogP contribution in [0.1, 0.15) is 30.5 Å². The molecule has 0 aliphatic carbocycles. The standard InChI is InChI=1S/C20H22O4/c1-13(2)24-17-8-5-15(6-9-17)12-18(20(21)22)16-7-10-19(23-4)14(3)11-16/h5-13H,1-4H3,(H,21,22)/b18-12-. The average molecular weight is 326 g/mol. The Hall–Kier alpha value is -2.75. The lowest BCUT2D eigenvalue weighted by molar-refractivity contribution is -0.130. The minimum atomic E-state index is -0.970. The van der Waals surface area contributed by atoms with Gasteiger partial charge in [-0.1, -0.05) is 18.2 Å². The number of benzene rings is 2. The highest BCUT2D eigenvalue weighted by atomic mass is 16.5. The minimum absolute atomic E-state index is 0.100. The van der Waals surface area contributed by atoms with Gasteiger partial charge in [0.05, 0.1) is 18.8 Å². The molecule has 0 spiro atoms. The van der Waals surface area contributed by atoms with Gasteiger partial charge in [0.15, 0.2) is 0 Å². The van der Waals surface area contributed by atoms with Crippen molar-refractivity contribution in [2.75, 3.05) is 7.11 Å². The highest BCUT2D eigenvalue weighted by molar-refractivity contribution is 6.20. The van der Waals surface area contributed by atoms with Crippen LogP contribution < -0.4 is 9.47 Å². The fourth-order valence-corrected chi connectivity index (χ4v) is 2.40. The van der Waals surface area contributed by atoms with Crippen molar-refractivity contribution in [2.24, 2.45) is 0 Å². The third-order valence-electron chi connectivity index (χ3n) is 3.50. The number of methoxy groups -OCH3 is 1. The molecule has 2 aromatic carbocycles. The topological polar surface area (TPSA) is 55.8 Å². The van der Waals surface area contributed by atoms with Gasteiger partial charge in [-0.25, -0.2) is 4.79 Å². The van der Waals surface area contributed by atoms with Crippen LogP contribution in [-0.4, -0.2) is 24.3 Å². The number of hydrogen-bond donors (Lipinski definition) is 1. The van der Waals surface area contributed by atoms with Crippen LogP contribution in [0.3, 0.4) is 0 Å². The van der Waals surface area contributed by atoms with Crippen LogP contribution >= 0.6 is 0 Å². The summed E-state index contributed by atoms with van der Waals surface area (Å²) < 4.78 is 10.8. The molecule has 0 saturated heterocycles. The number of carboxylic acids is 1. The van der Waals surface area contributed by atoms with Crippen LogP contribution in [0.15, 0.2) is 42.5 Å². The molecule has 1 N–H and O–H groups in total. The Morgan fingerprint density at radius 1 is 1.12 bits per heavy atom. The Morgan fingerprint density at radius 2 is 1.79 bits per heavy atom. The molecule has 0 atom stereocenters. The van der Waals surface area contributed by atoms with E-state index >= 15 is 0 Å². The quantitative estimate of drug-likeness (QED) is 0.631. The SMILES string of the molecule is COc1ccc(/C(=C/c2ccc(OC(C)C)cc2)C(=O)O)cc1C. The number of aliphatic carboxylic acids is 1. The summed E-state index contributed by atoms with van der Waals surface area (Å²) in [5, 5.41) is 9.55. The van der Waals surface area contributed by atoms with E-state index in [-0.39, 0.29) is 11.7 Å². The van der Waals surface area contributed by atoms with E-state index in [1.54, 1.807) is 25.3 Å². The first-order chi connectivity index (χ1) is 11.4. The Bertz CT molecular complexity index is 743. The second-order valence-corrected chi connectivity index (χ2v) is 5.78. The third kappa shape index (κ3) is 4.38. The molecule has 0 saturated carbocycles. The second kappa shape index (κ2) is 7.68. The zero-order chi connectivity index (χ0) is 17.7. The van der Waals surface area contributed by atoms with Crippen molar-refractivity contribution >= 4 is 17.6 Å². The van der Waals surface area contributed by atoms with Gasteiger partial charge in [0.25, 0.3) is 0 Å². The van der Waals surface area contributed by atoms with Crippen LogP contribution in [0, 0.1) is 6.92 Å². The van der Waals surface area contributed by atoms with Crippen LogP contribution in [0.4, 0.5) is 0 Å². The summed E-state index contributed by atoms with van der Waals surface area (Å²) in [6.07, 6.45) is 1.76. The normalized spacial score (nSPS) is 11.5. The molecule has 0 aliphatic rings. The van der Waals surface area contributed by atoms with Gasteiger partial charge >= 0.3 is 5.97 Å². The largest absolute Gasteiger partial charge is 0.496 e. The lowest BCUT2D eigenvalue weighted by Crippen LogP contribution is -2.05. The summed E-state index contributed by atoms with van der Waals surface area (Å²) >= 11 is 0. The Balaban J connectivity index is 2.35. The van der Waals surface area contributed by atoms with Crippen molar-refractivity contribution in [3.05, 3.63) is 59.2 Å². The molecule has 0 heterocycles. The summed E-state index contributed by atoms with van der Waals surface area (Å²) in [7, 11) is 1.59. The van der Waals surface area contributed by atoms with E-state index in [0.29, 0.717) is 5.56 Å². The van der Waals surface area contributed by atoms with Gasteiger partial charge in [-0.3, -0.25) is 0 Å². The molecule has 24 heavy (non-hydrogen) atoms. The number of hydrogen-bond acceptors (Lipinski definition) is 3. The van der Waals surface area contributed by atoms with E-state index in [0.717, 1.165) is 22.6 Å². The van der Waals surface area contributed by atoms with Crippen LogP contribution in [0.25, 0.3) is 11.6 Å². The van der Waals surface area contributed by atoms with Gasteiger partial charge in [0, 0.05) is 0 Å². The second-order valence-electron chi connectivity index (χ2n) is 5.78. The molecule has 4 heteroatoms. The molecule has 2 rings (SSSR count). The fraction of sp³-hybridized carbons (Fsp3) is 0.250. The maximum atomic E-state index is 11.7. The van der Waals surface area contributed by atoms with E-state index in [1.807, 2.05) is 51.1 Å². The molecule has 0 fully saturated rings. The van der Waals surface area contributed by atoms with Crippen molar-refractivity contribution in [2.45, 2.75) is 26.9 Å². The van der Waals surface area contributed by atoms with Crippen molar-refractivity contribution in [3.63, 3.8) is 0 Å². The number of carboxylic acid groups (broad SMARTS) is 1. The Kier molecular flexibility index (Phi) is 5.64. The fourth-order valence-electron chi connectivity index (χ4n) is 2.40. The summed E-state index contributed by atoms with van der Waals surface area (Å²) in [6.45, 7) is 5.81. The first-order valence-electron chi connectivity index (χ1n) is 7.77. The smallest absolute Gasteiger partial charge is 0.336 e. The third-order valence-corrected chi connectivity index (χ3v) is 3.50. The zero-order valence-corrected chi connectivity index (χ0v) is 14.4. The predicted octanol–water partition coefficient (Wildman–Crippen LogP) is 4.42. The molecule has 0 bridgehead atoms. The first kappa shape index (κ1) is 17.6. The van der Waals surface area contributed by atoms with Gasteiger partial charge < -0.3 is 14.6 Å². The summed E-state index contributed by atoms with van der Waals surface area (Å²) in [5.41, 5.74) is 2.57. The van der Waals surface area contributed by atoms with Gasteiger partial charge in [0.1, 0.15) is 11.5 Å². The molecule has 0 aromatic heterocycles. The highest BCUT2D eigenvalue weighted by Crippen LogP contribution is 2.25. The summed E-state index contributed by atoms with van der Waals surface area (Å²) in [4.78, 5) is 11.7. The molecule has 2 aromatic rings. The first-order valence-corrected chi connectivity index (χ1v) is 7.77. The molecule has 126 valence electrons. The van der Waals surface area contributed by atoms with Crippen molar-refractivity contribution in [1.29, 1.82) is 0 Å². The van der Waals surface area contributed by atoms with Gasteiger partial charge in [-0.15, -0.1) is 0 Å². The van der Waals surface area contributed by atoms with E-state index in [1.165, 1.54) is 0 Å². The molecule has 4 nitrogen and oxygen atoms in total. The molecule has 0 unspecified atom stereocenters. The maximum absolute atomic E-state index is 11.7. The molecule has 0 amide bonds. The number of ether oxygens (including phenoxy) is 2. The molecule has 0 aliphatic heterocycles. The summed E-state index contributed by atoms with van der Waals surface area (Å²) in [6, 6.07) is 12.7. The Morgan fingerprint density at radius 3 is 2.29 bits per heavy atom. The predicted molar refractivity (Wildman–Crippen MR) is 95.4 cm³/mol. The lowest BCUT2D eigenvalue weighted by atomic mass is 10.0. The lowest BCUT2D eigenvalue weighted by Gasteiger charge is -2.10. The number of rotatable bonds is 6. The van der Waals surface area contributed by atoms with E-state index in [2.05, 4.69) is 0 Å². The number of aryl methyl sites for hydroxylation is 1. The Labute approximate surface area is 142 Å². The molecule has 0 radical (unpaired) electrons. The van der Waals surface area contributed by atoms with E-state index in [9.17, 15) is 9.90 Å². The number of carbonyl (C=O) groups is 1. The van der Waals surface area contributed by atoms with Crippen molar-refractivity contribution in [3.8, 4) is 11.5 Å². The van der Waals surface area contributed by atoms with E-state index in [4.69, 9.17) is 9.47 Å². The average Bonchev–Trinajstić information content (AvgIpc) is 2.53. The van der Waals surface area contributed by atoms with Crippen LogP contribution in [-0.2, 0) is 4.79 Å².